The molecule has 0 bridgehead atoms. The largest absolute Gasteiger partial charge is 0.494 e. The van der Waals surface area contributed by atoms with Crippen LogP contribution in [0.4, 0.5) is 5.69 Å². The number of thioether (sulfide) groups is 1. The van der Waals surface area contributed by atoms with Crippen LogP contribution in [0.2, 0.25) is 0 Å². The van der Waals surface area contributed by atoms with Gasteiger partial charge in [-0.2, -0.15) is 8.42 Å². The fourth-order valence-corrected chi connectivity index (χ4v) is 5.92. The summed E-state index contributed by atoms with van der Waals surface area (Å²) in [6.45, 7) is 4.81. The molecule has 2 aromatic rings. The third-order valence-electron chi connectivity index (χ3n) is 5.35. The molecule has 1 fully saturated rings. The third-order valence-corrected chi connectivity index (χ3v) is 7.92. The molecule has 0 aliphatic carbocycles. The highest BCUT2D eigenvalue weighted by Gasteiger charge is 2.39. The maximum atomic E-state index is 12.8. The second-order valence-corrected chi connectivity index (χ2v) is 10.8. The van der Waals surface area contributed by atoms with E-state index in [1.807, 2.05) is 0 Å². The van der Waals surface area contributed by atoms with E-state index in [1.54, 1.807) is 49.4 Å². The van der Waals surface area contributed by atoms with Crippen molar-refractivity contribution >= 4 is 44.5 Å². The minimum atomic E-state index is -3.97. The van der Waals surface area contributed by atoms with Crippen molar-refractivity contribution in [3.8, 4) is 5.75 Å². The fraction of sp³-hybridized carbons (Fsp3) is 0.400. The summed E-state index contributed by atoms with van der Waals surface area (Å²) in [4.78, 5) is 26.7. The number of amides is 2. The Kier molecular flexibility index (Phi) is 9.73. The summed E-state index contributed by atoms with van der Waals surface area (Å²) < 4.78 is 34.9. The number of carbonyl (C=O) groups is 2. The van der Waals surface area contributed by atoms with Crippen LogP contribution in [0.5, 0.6) is 5.75 Å². The van der Waals surface area contributed by atoms with Gasteiger partial charge in [0.15, 0.2) is 5.17 Å². The Labute approximate surface area is 211 Å². The van der Waals surface area contributed by atoms with E-state index in [0.29, 0.717) is 12.3 Å². The van der Waals surface area contributed by atoms with Crippen LogP contribution in [0, 0.1) is 0 Å². The summed E-state index contributed by atoms with van der Waals surface area (Å²) in [5, 5.41) is 2.12. The summed E-state index contributed by atoms with van der Waals surface area (Å²) in [7, 11) is -3.97. The molecule has 2 amide bonds. The average molecular weight is 518 g/mol. The molecule has 1 heterocycles. The van der Waals surface area contributed by atoms with Gasteiger partial charge in [0.2, 0.25) is 11.8 Å². The first-order valence-corrected chi connectivity index (χ1v) is 14.1. The van der Waals surface area contributed by atoms with E-state index in [4.69, 9.17) is 4.74 Å². The molecule has 8 nitrogen and oxygen atoms in total. The molecule has 1 aliphatic heterocycles. The molecule has 1 N–H and O–H groups in total. The highest BCUT2D eigenvalue weighted by Crippen LogP contribution is 2.31. The third kappa shape index (κ3) is 7.57. The Hall–Kier alpha value is -2.85. The zero-order valence-corrected chi connectivity index (χ0v) is 21.6. The number of nitrogens with one attached hydrogen (secondary N) is 1. The molecule has 1 aliphatic rings. The monoisotopic (exact) mass is 517 g/mol. The first-order chi connectivity index (χ1) is 16.8. The van der Waals surface area contributed by atoms with Crippen molar-refractivity contribution in [2.75, 3.05) is 18.5 Å². The van der Waals surface area contributed by atoms with Gasteiger partial charge in [0, 0.05) is 18.7 Å². The maximum Gasteiger partial charge on any atom is 0.284 e. The number of benzene rings is 2. The number of hydrogen-bond acceptors (Lipinski definition) is 6. The molecule has 35 heavy (non-hydrogen) atoms. The van der Waals surface area contributed by atoms with Crippen molar-refractivity contribution in [2.45, 2.75) is 56.1 Å². The van der Waals surface area contributed by atoms with Crippen LogP contribution < -0.4 is 10.1 Å². The number of rotatable bonds is 12. The van der Waals surface area contributed by atoms with Crippen LogP contribution in [-0.4, -0.2) is 48.7 Å². The Balaban J connectivity index is 1.58. The Morgan fingerprint density at radius 3 is 2.43 bits per heavy atom. The summed E-state index contributed by atoms with van der Waals surface area (Å²) >= 11 is 0.995. The second kappa shape index (κ2) is 12.7. The number of amidine groups is 1. The van der Waals surface area contributed by atoms with E-state index in [1.165, 1.54) is 29.9 Å². The molecule has 1 saturated heterocycles. The quantitative estimate of drug-likeness (QED) is 0.410. The van der Waals surface area contributed by atoms with Gasteiger partial charge < -0.3 is 10.1 Å². The molecule has 0 aromatic heterocycles. The first-order valence-electron chi connectivity index (χ1n) is 11.7. The lowest BCUT2D eigenvalue weighted by molar-refractivity contribution is -0.128. The molecule has 0 saturated carbocycles. The van der Waals surface area contributed by atoms with Crippen LogP contribution in [0.1, 0.15) is 46.0 Å². The van der Waals surface area contributed by atoms with E-state index >= 15 is 0 Å². The van der Waals surface area contributed by atoms with Crippen LogP contribution in [0.3, 0.4) is 0 Å². The van der Waals surface area contributed by atoms with Crippen molar-refractivity contribution in [3.63, 3.8) is 0 Å². The van der Waals surface area contributed by atoms with Crippen LogP contribution in [0.25, 0.3) is 0 Å². The first kappa shape index (κ1) is 26.7. The molecule has 3 rings (SSSR count). The normalized spacial score (nSPS) is 17.1. The number of hydrogen-bond donors (Lipinski definition) is 1. The lowest BCUT2D eigenvalue weighted by Gasteiger charge is -2.13. The zero-order valence-electron chi connectivity index (χ0n) is 20.0. The molecular weight excluding hydrogens is 486 g/mol. The van der Waals surface area contributed by atoms with Gasteiger partial charge in [0.05, 0.1) is 11.5 Å². The number of carbonyl (C=O) groups excluding carboxylic acids is 2. The molecule has 188 valence electrons. The van der Waals surface area contributed by atoms with Gasteiger partial charge >= 0.3 is 0 Å². The molecule has 1 unspecified atom stereocenters. The molecule has 2 aromatic carbocycles. The predicted octanol–water partition coefficient (Wildman–Crippen LogP) is 4.68. The van der Waals surface area contributed by atoms with Gasteiger partial charge in [-0.25, -0.2) is 0 Å². The topological polar surface area (TPSA) is 105 Å². The van der Waals surface area contributed by atoms with Crippen molar-refractivity contribution in [1.82, 2.24) is 4.90 Å². The van der Waals surface area contributed by atoms with Crippen molar-refractivity contribution in [3.05, 3.63) is 54.6 Å². The lowest BCUT2D eigenvalue weighted by atomic mass is 10.2. The summed E-state index contributed by atoms with van der Waals surface area (Å²) in [6.07, 6.45) is 4.42. The lowest BCUT2D eigenvalue weighted by Crippen LogP contribution is -2.33. The minimum absolute atomic E-state index is 0.0474. The average Bonchev–Trinajstić information content (AvgIpc) is 3.13. The van der Waals surface area contributed by atoms with E-state index in [2.05, 4.69) is 16.6 Å². The Morgan fingerprint density at radius 2 is 1.77 bits per heavy atom. The maximum absolute atomic E-state index is 12.8. The van der Waals surface area contributed by atoms with Crippen LogP contribution >= 0.6 is 11.8 Å². The predicted molar refractivity (Wildman–Crippen MR) is 139 cm³/mol. The highest BCUT2D eigenvalue weighted by molar-refractivity contribution is 8.16. The zero-order chi connectivity index (χ0) is 25.3. The van der Waals surface area contributed by atoms with Gasteiger partial charge in [-0.05, 0) is 49.7 Å². The van der Waals surface area contributed by atoms with E-state index < -0.39 is 15.3 Å². The van der Waals surface area contributed by atoms with Crippen molar-refractivity contribution in [1.29, 1.82) is 0 Å². The fourth-order valence-electron chi connectivity index (χ4n) is 3.48. The van der Waals surface area contributed by atoms with Gasteiger partial charge in [-0.1, -0.05) is 56.1 Å². The van der Waals surface area contributed by atoms with Crippen molar-refractivity contribution < 1.29 is 22.7 Å². The molecular formula is C25H31N3O5S2. The van der Waals surface area contributed by atoms with E-state index in [-0.39, 0.29) is 34.8 Å². The summed E-state index contributed by atoms with van der Waals surface area (Å²) in [5.41, 5.74) is 0.594. The molecule has 1 atom stereocenters. The molecule has 0 radical (unpaired) electrons. The Bertz CT molecular complexity index is 1140. The van der Waals surface area contributed by atoms with Crippen LogP contribution in [0.15, 0.2) is 63.9 Å². The number of nitrogens with zero attached hydrogens (tertiary/aromatic N) is 2. The van der Waals surface area contributed by atoms with Crippen LogP contribution in [-0.2, 0) is 19.6 Å². The van der Waals surface area contributed by atoms with Gasteiger partial charge in [0.1, 0.15) is 11.0 Å². The van der Waals surface area contributed by atoms with Gasteiger partial charge in [0.25, 0.3) is 10.0 Å². The molecule has 0 spiro atoms. The number of unbranched alkanes of at least 4 members (excludes halogenated alkanes) is 3. The number of anilines is 1. The smallest absolute Gasteiger partial charge is 0.284 e. The summed E-state index contributed by atoms with van der Waals surface area (Å²) in [5.74, 6) is 0.0638. The highest BCUT2D eigenvalue weighted by atomic mass is 32.2. The van der Waals surface area contributed by atoms with Gasteiger partial charge in [-0.15, -0.1) is 4.40 Å². The standard InChI is InChI=1S/C25H31N3O5S2/c1-3-5-6-10-17-33-20-15-13-19(14-16-20)26-23(29)18-22-24(30)28(4-2)25(34-22)27-35(31,32)21-11-8-7-9-12-21/h7-9,11-16,22H,3-6,10,17-18H2,1-2H3,(H,26,29). The SMILES string of the molecule is CCCCCCOc1ccc(NC(=O)CC2SC(=NS(=O)(=O)c3ccccc3)N(CC)C2=O)cc1. The summed E-state index contributed by atoms with van der Waals surface area (Å²) in [6, 6.07) is 14.9. The number of sulfonamides is 1. The molecule has 10 heteroatoms. The van der Waals surface area contributed by atoms with E-state index in [9.17, 15) is 18.0 Å². The number of ether oxygens (including phenoxy) is 1. The minimum Gasteiger partial charge on any atom is -0.494 e. The Morgan fingerprint density at radius 1 is 1.06 bits per heavy atom. The second-order valence-electron chi connectivity index (χ2n) is 8.04. The van der Waals surface area contributed by atoms with E-state index in [0.717, 1.165) is 30.4 Å². The van der Waals surface area contributed by atoms with Gasteiger partial charge in [-0.3, -0.25) is 14.5 Å². The van der Waals surface area contributed by atoms with Crippen molar-refractivity contribution in [2.24, 2.45) is 4.40 Å².